The summed E-state index contributed by atoms with van der Waals surface area (Å²) in [5.74, 6) is 5.08. The van der Waals surface area contributed by atoms with Gasteiger partial charge >= 0.3 is 0 Å². The van der Waals surface area contributed by atoms with Crippen LogP contribution in [0.15, 0.2) is 12.2 Å². The molecule has 0 heteroatoms. The molecule has 0 N–H and O–H groups in total. The van der Waals surface area contributed by atoms with Crippen LogP contribution in [0.4, 0.5) is 0 Å². The summed E-state index contributed by atoms with van der Waals surface area (Å²) in [6, 6.07) is 0. The molecule has 0 aliphatic heterocycles. The summed E-state index contributed by atoms with van der Waals surface area (Å²) >= 11 is 0. The van der Waals surface area contributed by atoms with Gasteiger partial charge in [0.1, 0.15) is 0 Å². The van der Waals surface area contributed by atoms with Crippen LogP contribution in [0.3, 0.4) is 0 Å². The molecular weight excluding hydrogens is 300 g/mol. The first-order chi connectivity index (χ1) is 12.3. The van der Waals surface area contributed by atoms with Gasteiger partial charge in [0.05, 0.1) is 0 Å². The van der Waals surface area contributed by atoms with Crippen LogP contribution in [0, 0.1) is 29.6 Å². The van der Waals surface area contributed by atoms with Gasteiger partial charge in [-0.15, -0.1) is 0 Å². The van der Waals surface area contributed by atoms with Crippen molar-refractivity contribution in [2.45, 2.75) is 116 Å². The first kappa shape index (κ1) is 19.5. The zero-order valence-electron chi connectivity index (χ0n) is 17.1. The summed E-state index contributed by atoms with van der Waals surface area (Å²) in [6.07, 6.45) is 30.8. The third-order valence-corrected chi connectivity index (χ3v) is 7.90. The standard InChI is InChI=1S/C25H44/c1-2-3-5-8-21-11-13-22(14-12-21)15-16-23-17-19-25(20-18-23)24-9-6-4-7-10-24/h15-16,21-25H,2-14,17-20H2,1H3/b16-15+. The zero-order chi connectivity index (χ0) is 17.3. The van der Waals surface area contributed by atoms with Crippen molar-refractivity contribution in [1.29, 1.82) is 0 Å². The Labute approximate surface area is 158 Å². The van der Waals surface area contributed by atoms with Crippen LogP contribution >= 0.6 is 0 Å². The van der Waals surface area contributed by atoms with Gasteiger partial charge in [-0.25, -0.2) is 0 Å². The smallest absolute Gasteiger partial charge is 0.0233 e. The second-order valence-corrected chi connectivity index (χ2v) is 9.73. The monoisotopic (exact) mass is 344 g/mol. The molecule has 0 amide bonds. The molecule has 144 valence electrons. The van der Waals surface area contributed by atoms with Crippen LogP contribution in [0.5, 0.6) is 0 Å². The largest absolute Gasteiger partial charge is 0.0851 e. The molecule has 0 heterocycles. The quantitative estimate of drug-likeness (QED) is 0.322. The maximum atomic E-state index is 2.65. The average molecular weight is 345 g/mol. The van der Waals surface area contributed by atoms with Gasteiger partial charge in [0, 0.05) is 0 Å². The fraction of sp³-hybridized carbons (Fsp3) is 0.920. The predicted octanol–water partition coefficient (Wildman–Crippen LogP) is 8.32. The van der Waals surface area contributed by atoms with Crippen molar-refractivity contribution in [3.63, 3.8) is 0 Å². The predicted molar refractivity (Wildman–Crippen MR) is 111 cm³/mol. The second-order valence-electron chi connectivity index (χ2n) is 9.73. The lowest BCUT2D eigenvalue weighted by Gasteiger charge is -2.35. The fourth-order valence-electron chi connectivity index (χ4n) is 6.08. The molecule has 0 atom stereocenters. The highest BCUT2D eigenvalue weighted by Crippen LogP contribution is 2.40. The Morgan fingerprint density at radius 3 is 1.76 bits per heavy atom. The summed E-state index contributed by atoms with van der Waals surface area (Å²) < 4.78 is 0. The van der Waals surface area contributed by atoms with E-state index in [2.05, 4.69) is 19.1 Å². The molecule has 3 saturated carbocycles. The van der Waals surface area contributed by atoms with Crippen LogP contribution in [-0.4, -0.2) is 0 Å². The van der Waals surface area contributed by atoms with Gasteiger partial charge in [0.15, 0.2) is 0 Å². The molecule has 0 aromatic heterocycles. The van der Waals surface area contributed by atoms with E-state index in [0.29, 0.717) is 0 Å². The van der Waals surface area contributed by atoms with E-state index in [-0.39, 0.29) is 0 Å². The van der Waals surface area contributed by atoms with E-state index in [1.54, 1.807) is 12.8 Å². The molecular formula is C25H44. The summed E-state index contributed by atoms with van der Waals surface area (Å²) in [5.41, 5.74) is 0. The lowest BCUT2D eigenvalue weighted by molar-refractivity contribution is 0.179. The topological polar surface area (TPSA) is 0 Å². The van der Waals surface area contributed by atoms with Gasteiger partial charge in [0.2, 0.25) is 0 Å². The average Bonchev–Trinajstić information content (AvgIpc) is 2.69. The van der Waals surface area contributed by atoms with Crippen LogP contribution < -0.4 is 0 Å². The van der Waals surface area contributed by atoms with Crippen molar-refractivity contribution in [1.82, 2.24) is 0 Å². The molecule has 3 rings (SSSR count). The summed E-state index contributed by atoms with van der Waals surface area (Å²) in [7, 11) is 0. The normalized spacial score (nSPS) is 35.2. The van der Waals surface area contributed by atoms with E-state index < -0.39 is 0 Å². The second kappa shape index (κ2) is 10.8. The SMILES string of the molecule is CCCCCC1CCC(/C=C/C2CCC(C3CCCCC3)CC2)CC1. The third-order valence-electron chi connectivity index (χ3n) is 7.90. The minimum absolute atomic E-state index is 0.915. The Kier molecular flexibility index (Phi) is 8.41. The maximum absolute atomic E-state index is 2.65. The van der Waals surface area contributed by atoms with Crippen LogP contribution in [-0.2, 0) is 0 Å². The number of rotatable bonds is 7. The first-order valence-corrected chi connectivity index (χ1v) is 12.0. The molecule has 0 radical (unpaired) electrons. The van der Waals surface area contributed by atoms with E-state index in [1.165, 1.54) is 96.3 Å². The van der Waals surface area contributed by atoms with Crippen molar-refractivity contribution in [3.05, 3.63) is 12.2 Å². The number of allylic oxidation sites excluding steroid dienone is 2. The van der Waals surface area contributed by atoms with E-state index >= 15 is 0 Å². The lowest BCUT2D eigenvalue weighted by Crippen LogP contribution is -2.23. The lowest BCUT2D eigenvalue weighted by atomic mass is 9.71. The van der Waals surface area contributed by atoms with E-state index in [4.69, 9.17) is 0 Å². The van der Waals surface area contributed by atoms with E-state index in [0.717, 1.165) is 29.6 Å². The molecule has 3 aliphatic rings. The molecule has 3 fully saturated rings. The van der Waals surface area contributed by atoms with Gasteiger partial charge in [-0.3, -0.25) is 0 Å². The highest BCUT2D eigenvalue weighted by Gasteiger charge is 2.28. The zero-order valence-corrected chi connectivity index (χ0v) is 17.1. The highest BCUT2D eigenvalue weighted by atomic mass is 14.3. The fourth-order valence-corrected chi connectivity index (χ4v) is 6.08. The Balaban J connectivity index is 1.31. The summed E-state index contributed by atoms with van der Waals surface area (Å²) in [4.78, 5) is 0. The van der Waals surface area contributed by atoms with Gasteiger partial charge in [0.25, 0.3) is 0 Å². The van der Waals surface area contributed by atoms with Crippen LogP contribution in [0.2, 0.25) is 0 Å². The molecule has 0 unspecified atom stereocenters. The summed E-state index contributed by atoms with van der Waals surface area (Å²) in [5, 5.41) is 0. The molecule has 0 bridgehead atoms. The number of hydrogen-bond acceptors (Lipinski definition) is 0. The summed E-state index contributed by atoms with van der Waals surface area (Å²) in [6.45, 7) is 2.32. The molecule has 25 heavy (non-hydrogen) atoms. The Morgan fingerprint density at radius 2 is 1.16 bits per heavy atom. The molecule has 0 aromatic carbocycles. The minimum Gasteiger partial charge on any atom is -0.0851 e. The van der Waals surface area contributed by atoms with E-state index in [9.17, 15) is 0 Å². The third kappa shape index (κ3) is 6.44. The molecule has 0 nitrogen and oxygen atoms in total. The van der Waals surface area contributed by atoms with Crippen molar-refractivity contribution in [2.24, 2.45) is 29.6 Å². The number of unbranched alkanes of at least 4 members (excludes halogenated alkanes) is 2. The molecule has 0 aromatic rings. The van der Waals surface area contributed by atoms with Crippen molar-refractivity contribution >= 4 is 0 Å². The maximum Gasteiger partial charge on any atom is -0.0233 e. The molecule has 0 saturated heterocycles. The van der Waals surface area contributed by atoms with Crippen molar-refractivity contribution in [3.8, 4) is 0 Å². The Morgan fingerprint density at radius 1 is 0.600 bits per heavy atom. The van der Waals surface area contributed by atoms with Crippen molar-refractivity contribution in [2.75, 3.05) is 0 Å². The van der Waals surface area contributed by atoms with Gasteiger partial charge in [-0.05, 0) is 81.0 Å². The van der Waals surface area contributed by atoms with Crippen molar-refractivity contribution < 1.29 is 0 Å². The van der Waals surface area contributed by atoms with Gasteiger partial charge in [-0.1, -0.05) is 76.9 Å². The highest BCUT2D eigenvalue weighted by molar-refractivity contribution is 4.96. The minimum atomic E-state index is 0.915. The Hall–Kier alpha value is -0.260. The van der Waals surface area contributed by atoms with Gasteiger partial charge < -0.3 is 0 Å². The van der Waals surface area contributed by atoms with Crippen LogP contribution in [0.1, 0.15) is 116 Å². The molecule has 0 spiro atoms. The Bertz CT molecular complexity index is 359. The first-order valence-electron chi connectivity index (χ1n) is 12.0. The van der Waals surface area contributed by atoms with E-state index in [1.807, 2.05) is 0 Å². The van der Waals surface area contributed by atoms with Crippen LogP contribution in [0.25, 0.3) is 0 Å². The van der Waals surface area contributed by atoms with Gasteiger partial charge in [-0.2, -0.15) is 0 Å². The molecule has 3 aliphatic carbocycles. The number of hydrogen-bond donors (Lipinski definition) is 0.